The molecule has 0 aliphatic heterocycles. The van der Waals surface area contributed by atoms with E-state index < -0.39 is 5.63 Å². The molecule has 0 unspecified atom stereocenters. The smallest absolute Gasteiger partial charge is 0.281 e. The highest BCUT2D eigenvalue weighted by molar-refractivity contribution is 6.28. The van der Waals surface area contributed by atoms with Crippen LogP contribution in [0.4, 0.5) is 0 Å². The van der Waals surface area contributed by atoms with Crippen LogP contribution in [0.1, 0.15) is 5.56 Å². The van der Waals surface area contributed by atoms with Crippen molar-refractivity contribution in [1.29, 1.82) is 0 Å². The van der Waals surface area contributed by atoms with Crippen molar-refractivity contribution >= 4 is 11.6 Å². The highest BCUT2D eigenvalue weighted by atomic mass is 35.5. The molecule has 0 saturated heterocycles. The molecule has 72 valence electrons. The van der Waals surface area contributed by atoms with E-state index in [0.29, 0.717) is 0 Å². The summed E-state index contributed by atoms with van der Waals surface area (Å²) in [5.41, 5.74) is 1.31. The molecule has 1 N–H and O–H groups in total. The SMILES string of the molecule is Cc1ccc(-[n+]2[nH]oc(=O)c2Cl)cc1. The number of benzene rings is 1. The normalized spacial score (nSPS) is 10.4. The van der Waals surface area contributed by atoms with Crippen molar-refractivity contribution in [2.45, 2.75) is 6.92 Å². The standard InChI is InChI=1S/C9H7ClN2O2/c1-6-2-4-7(5-3-6)12-8(10)9(13)14-11-12/h2-5H,1H3/p+1. The van der Waals surface area contributed by atoms with E-state index in [2.05, 4.69) is 9.79 Å². The van der Waals surface area contributed by atoms with Gasteiger partial charge in [-0.05, 0) is 16.9 Å². The van der Waals surface area contributed by atoms with Gasteiger partial charge in [0.05, 0.1) is 0 Å². The van der Waals surface area contributed by atoms with Crippen LogP contribution >= 0.6 is 11.6 Å². The summed E-state index contributed by atoms with van der Waals surface area (Å²) in [5.74, 6) is 0. The molecule has 14 heavy (non-hydrogen) atoms. The van der Waals surface area contributed by atoms with E-state index in [9.17, 15) is 4.79 Å². The molecular weight excluding hydrogens is 204 g/mol. The Balaban J connectivity index is 2.55. The number of aromatic amines is 1. The van der Waals surface area contributed by atoms with Crippen LogP contribution in [-0.4, -0.2) is 5.27 Å². The third kappa shape index (κ3) is 1.44. The number of nitrogens with zero attached hydrogens (tertiary/aromatic N) is 1. The molecule has 0 bridgehead atoms. The third-order valence-electron chi connectivity index (χ3n) is 1.89. The second-order valence-electron chi connectivity index (χ2n) is 2.94. The lowest BCUT2D eigenvalue weighted by molar-refractivity contribution is -0.668. The van der Waals surface area contributed by atoms with Gasteiger partial charge in [0.15, 0.2) is 0 Å². The number of H-pyrrole nitrogens is 1. The molecule has 0 atom stereocenters. The predicted molar refractivity (Wildman–Crippen MR) is 50.6 cm³/mol. The molecule has 0 saturated carbocycles. The molecule has 0 amide bonds. The number of aryl methyl sites for hydroxylation is 1. The first-order chi connectivity index (χ1) is 6.68. The van der Waals surface area contributed by atoms with Crippen LogP contribution in [0.5, 0.6) is 0 Å². The van der Waals surface area contributed by atoms with Gasteiger partial charge in [-0.25, -0.2) is 4.79 Å². The molecule has 0 spiro atoms. The zero-order valence-electron chi connectivity index (χ0n) is 7.45. The minimum Gasteiger partial charge on any atom is -0.281 e. The zero-order valence-corrected chi connectivity index (χ0v) is 8.21. The molecule has 2 rings (SSSR count). The first kappa shape index (κ1) is 9.02. The lowest BCUT2D eigenvalue weighted by Gasteiger charge is -1.90. The van der Waals surface area contributed by atoms with Gasteiger partial charge in [-0.15, -0.1) is 0 Å². The van der Waals surface area contributed by atoms with E-state index in [0.717, 1.165) is 11.3 Å². The summed E-state index contributed by atoms with van der Waals surface area (Å²) in [4.78, 5) is 10.9. The molecule has 0 aliphatic carbocycles. The summed E-state index contributed by atoms with van der Waals surface area (Å²) < 4.78 is 5.91. The highest BCUT2D eigenvalue weighted by Crippen LogP contribution is 2.03. The fraction of sp³-hybridized carbons (Fsp3) is 0.111. The van der Waals surface area contributed by atoms with Crippen LogP contribution in [0.25, 0.3) is 5.69 Å². The van der Waals surface area contributed by atoms with Crippen molar-refractivity contribution in [3.8, 4) is 5.69 Å². The van der Waals surface area contributed by atoms with Crippen molar-refractivity contribution in [1.82, 2.24) is 5.27 Å². The van der Waals surface area contributed by atoms with Crippen molar-refractivity contribution in [3.05, 3.63) is 45.4 Å². The first-order valence-corrected chi connectivity index (χ1v) is 4.42. The summed E-state index contributed by atoms with van der Waals surface area (Å²) in [6.07, 6.45) is 0. The summed E-state index contributed by atoms with van der Waals surface area (Å²) in [7, 11) is 0. The van der Waals surface area contributed by atoms with E-state index in [-0.39, 0.29) is 5.15 Å². The van der Waals surface area contributed by atoms with Gasteiger partial charge in [-0.2, -0.15) is 0 Å². The van der Waals surface area contributed by atoms with Gasteiger partial charge in [0.1, 0.15) is 0 Å². The molecule has 0 radical (unpaired) electrons. The van der Waals surface area contributed by atoms with Gasteiger partial charge < -0.3 is 0 Å². The lowest BCUT2D eigenvalue weighted by Crippen LogP contribution is -2.34. The van der Waals surface area contributed by atoms with E-state index in [1.54, 1.807) is 0 Å². The van der Waals surface area contributed by atoms with Crippen LogP contribution in [-0.2, 0) is 0 Å². The molecule has 5 heteroatoms. The molecule has 0 fully saturated rings. The summed E-state index contributed by atoms with van der Waals surface area (Å²) in [6.45, 7) is 1.98. The van der Waals surface area contributed by atoms with Crippen molar-refractivity contribution in [3.63, 3.8) is 0 Å². The maximum Gasteiger partial charge on any atom is 0.447 e. The number of aromatic nitrogens is 2. The number of hydrogen-bond donors (Lipinski definition) is 1. The largest absolute Gasteiger partial charge is 0.447 e. The Morgan fingerprint density at radius 2 is 2.00 bits per heavy atom. The van der Waals surface area contributed by atoms with Crippen LogP contribution in [0, 0.1) is 6.92 Å². The fourth-order valence-electron chi connectivity index (χ4n) is 1.12. The van der Waals surface area contributed by atoms with Crippen molar-refractivity contribution in [2.75, 3.05) is 0 Å². The van der Waals surface area contributed by atoms with Gasteiger partial charge in [0.25, 0.3) is 0 Å². The molecule has 1 aromatic heterocycles. The Kier molecular flexibility index (Phi) is 2.13. The van der Waals surface area contributed by atoms with Gasteiger partial charge in [-0.1, -0.05) is 17.7 Å². The number of rotatable bonds is 1. The molecule has 0 aliphatic rings. The van der Waals surface area contributed by atoms with Gasteiger partial charge in [0.2, 0.25) is 5.69 Å². The van der Waals surface area contributed by atoms with Crippen LogP contribution < -0.4 is 10.3 Å². The molecule has 1 heterocycles. The van der Waals surface area contributed by atoms with E-state index in [4.69, 9.17) is 11.6 Å². The monoisotopic (exact) mass is 211 g/mol. The second-order valence-corrected chi connectivity index (χ2v) is 3.30. The minimum atomic E-state index is -0.577. The van der Waals surface area contributed by atoms with Gasteiger partial charge in [0, 0.05) is 23.7 Å². The fourth-order valence-corrected chi connectivity index (χ4v) is 1.29. The van der Waals surface area contributed by atoms with Crippen LogP contribution in [0.2, 0.25) is 5.15 Å². The average molecular weight is 212 g/mol. The lowest BCUT2D eigenvalue weighted by atomic mass is 10.2. The molecule has 4 nitrogen and oxygen atoms in total. The number of nitrogens with one attached hydrogen (secondary N) is 1. The summed E-state index contributed by atoms with van der Waals surface area (Å²) in [5, 5.41) is 2.41. The summed E-state index contributed by atoms with van der Waals surface area (Å²) in [6, 6.07) is 7.52. The number of halogens is 1. The maximum absolute atomic E-state index is 10.9. The minimum absolute atomic E-state index is 0.00820. The Morgan fingerprint density at radius 3 is 2.50 bits per heavy atom. The third-order valence-corrected chi connectivity index (χ3v) is 2.21. The van der Waals surface area contributed by atoms with Crippen LogP contribution in [0.15, 0.2) is 33.6 Å². The van der Waals surface area contributed by atoms with Gasteiger partial charge in [-0.3, -0.25) is 4.52 Å². The quantitative estimate of drug-likeness (QED) is 0.721. The molecular formula is C9H8ClN2O2+. The van der Waals surface area contributed by atoms with Crippen LogP contribution in [0.3, 0.4) is 0 Å². The zero-order chi connectivity index (χ0) is 10.1. The Hall–Kier alpha value is -1.55. The predicted octanol–water partition coefficient (Wildman–Crippen LogP) is 1.21. The van der Waals surface area contributed by atoms with Crippen molar-refractivity contribution in [2.24, 2.45) is 0 Å². The Bertz CT molecular complexity index is 498. The Morgan fingerprint density at radius 1 is 1.36 bits per heavy atom. The second kappa shape index (κ2) is 3.31. The Labute approximate surface area is 84.7 Å². The molecule has 1 aromatic carbocycles. The average Bonchev–Trinajstić information content (AvgIpc) is 2.50. The van der Waals surface area contributed by atoms with E-state index >= 15 is 0 Å². The van der Waals surface area contributed by atoms with Gasteiger partial charge >= 0.3 is 10.8 Å². The maximum atomic E-state index is 10.9. The first-order valence-electron chi connectivity index (χ1n) is 4.04. The summed E-state index contributed by atoms with van der Waals surface area (Å²) >= 11 is 5.71. The molecule has 2 aromatic rings. The number of hydrogen-bond acceptors (Lipinski definition) is 2. The van der Waals surface area contributed by atoms with E-state index in [1.807, 2.05) is 31.2 Å². The highest BCUT2D eigenvalue weighted by Gasteiger charge is 2.20. The topological polar surface area (TPSA) is 49.9 Å². The van der Waals surface area contributed by atoms with Crippen molar-refractivity contribution < 1.29 is 9.20 Å². The van der Waals surface area contributed by atoms with E-state index in [1.165, 1.54) is 4.68 Å².